The quantitative estimate of drug-likeness (QED) is 0.263. The van der Waals surface area contributed by atoms with Gasteiger partial charge in [0.05, 0.1) is 28.9 Å². The zero-order valence-electron chi connectivity index (χ0n) is 22.0. The minimum absolute atomic E-state index is 0.148. The summed E-state index contributed by atoms with van der Waals surface area (Å²) in [6.07, 6.45) is 1.71. The molecule has 0 saturated carbocycles. The van der Waals surface area contributed by atoms with Crippen molar-refractivity contribution in [1.29, 1.82) is 0 Å². The van der Waals surface area contributed by atoms with Crippen molar-refractivity contribution in [3.05, 3.63) is 99.2 Å². The van der Waals surface area contributed by atoms with Crippen LogP contribution in [0.25, 0.3) is 16.5 Å². The lowest BCUT2D eigenvalue weighted by molar-refractivity contribution is 0.0940. The summed E-state index contributed by atoms with van der Waals surface area (Å²) >= 11 is 0. The van der Waals surface area contributed by atoms with Gasteiger partial charge >= 0.3 is 0 Å². The van der Waals surface area contributed by atoms with Gasteiger partial charge in [-0.1, -0.05) is 42.2 Å². The zero-order chi connectivity index (χ0) is 27.7. The number of aromatic nitrogens is 5. The Morgan fingerprint density at radius 2 is 1.85 bits per heavy atom. The number of pyridine rings is 1. The number of carbonyl (C=O) groups excluding carboxylic acids is 1. The van der Waals surface area contributed by atoms with E-state index in [1.165, 1.54) is 0 Å². The molecule has 5 rings (SSSR count). The Bertz CT molecular complexity index is 1820. The summed E-state index contributed by atoms with van der Waals surface area (Å²) in [5.41, 5.74) is 9.56. The minimum atomic E-state index is -0.554. The highest BCUT2D eigenvalue weighted by molar-refractivity contribution is 6.03. The van der Waals surface area contributed by atoms with E-state index in [-0.39, 0.29) is 16.9 Å². The Morgan fingerprint density at radius 3 is 2.54 bits per heavy atom. The van der Waals surface area contributed by atoms with Gasteiger partial charge in [0.1, 0.15) is 11.4 Å². The molecule has 39 heavy (non-hydrogen) atoms. The second-order valence-electron chi connectivity index (χ2n) is 9.14. The van der Waals surface area contributed by atoms with Gasteiger partial charge in [-0.2, -0.15) is 10.2 Å². The van der Waals surface area contributed by atoms with Crippen LogP contribution in [-0.4, -0.2) is 37.5 Å². The first-order valence-electron chi connectivity index (χ1n) is 12.4. The van der Waals surface area contributed by atoms with Crippen molar-refractivity contribution >= 4 is 28.3 Å². The summed E-state index contributed by atoms with van der Waals surface area (Å²) < 4.78 is 3.37. The third kappa shape index (κ3) is 4.62. The number of benzene rings is 2. The average Bonchev–Trinajstić information content (AvgIpc) is 3.48. The van der Waals surface area contributed by atoms with E-state index in [1.54, 1.807) is 22.5 Å². The largest absolute Gasteiger partial charge is 0.383 e. The molecule has 5 N–H and O–H groups in total. The molecular formula is C29H28N8O2. The van der Waals surface area contributed by atoms with Crippen molar-refractivity contribution in [3.8, 4) is 17.5 Å². The Morgan fingerprint density at radius 1 is 1.10 bits per heavy atom. The average molecular weight is 521 g/mol. The van der Waals surface area contributed by atoms with Crippen LogP contribution in [0.15, 0.2) is 65.6 Å². The van der Waals surface area contributed by atoms with E-state index in [9.17, 15) is 9.59 Å². The van der Waals surface area contributed by atoms with Crippen molar-refractivity contribution < 1.29 is 4.79 Å². The molecule has 0 aliphatic carbocycles. The number of amides is 1. The number of hydrogen-bond donors (Lipinski definition) is 4. The number of aromatic amines is 1. The van der Waals surface area contributed by atoms with Gasteiger partial charge in [0, 0.05) is 31.0 Å². The number of H-pyrrole nitrogens is 1. The minimum Gasteiger partial charge on any atom is -0.383 e. The van der Waals surface area contributed by atoms with Crippen LogP contribution in [0, 0.1) is 18.8 Å². The lowest BCUT2D eigenvalue weighted by Crippen LogP contribution is -2.32. The molecular weight excluding hydrogens is 492 g/mol. The molecule has 3 heterocycles. The van der Waals surface area contributed by atoms with Gasteiger partial charge in [-0.25, -0.2) is 0 Å². The summed E-state index contributed by atoms with van der Waals surface area (Å²) in [5, 5.41) is 17.9. The van der Waals surface area contributed by atoms with Crippen LogP contribution in [0.3, 0.4) is 0 Å². The molecule has 10 heteroatoms. The second kappa shape index (κ2) is 10.2. The van der Waals surface area contributed by atoms with Gasteiger partial charge in [-0.3, -0.25) is 23.9 Å². The molecule has 0 radical (unpaired) electrons. The lowest BCUT2D eigenvalue weighted by Gasteiger charge is -2.21. The Kier molecular flexibility index (Phi) is 6.64. The first kappa shape index (κ1) is 25.4. The van der Waals surface area contributed by atoms with Crippen LogP contribution in [-0.2, 0) is 7.05 Å². The van der Waals surface area contributed by atoms with Crippen molar-refractivity contribution in [3.63, 3.8) is 0 Å². The first-order valence-corrected chi connectivity index (χ1v) is 12.4. The number of aryl methyl sites for hydroxylation is 1. The van der Waals surface area contributed by atoms with Crippen LogP contribution < -0.4 is 21.9 Å². The van der Waals surface area contributed by atoms with E-state index in [4.69, 9.17) is 5.73 Å². The standard InChI is InChI=1S/C29H28N8O2/c1-17(33-28(38)25-26(30)34-35-27(25)31-3)23-15-20-10-8-9-19(13-14-21-16-32-36(4)18(21)2)24(20)29(39)37(23)22-11-6-5-7-12-22/h5-12,15-17H,1-4H3,(H,33,38)(H4,30,31,34,35)/t17-/m0/s1. The third-order valence-electron chi connectivity index (χ3n) is 6.71. The number of nitrogens with one attached hydrogen (secondary N) is 3. The van der Waals surface area contributed by atoms with Crippen molar-refractivity contribution in [2.24, 2.45) is 7.05 Å². The number of nitrogens with zero attached hydrogens (tertiary/aromatic N) is 4. The molecule has 0 bridgehead atoms. The van der Waals surface area contributed by atoms with Crippen LogP contribution in [0.2, 0.25) is 0 Å². The number of fused-ring (bicyclic) bond motifs is 1. The molecule has 3 aromatic heterocycles. The number of anilines is 2. The predicted octanol–water partition coefficient (Wildman–Crippen LogP) is 3.27. The van der Waals surface area contributed by atoms with Crippen LogP contribution in [0.1, 0.15) is 45.8 Å². The summed E-state index contributed by atoms with van der Waals surface area (Å²) in [6, 6.07) is 16.2. The van der Waals surface area contributed by atoms with Gasteiger partial charge in [0.2, 0.25) is 0 Å². The van der Waals surface area contributed by atoms with Crippen molar-refractivity contribution in [1.82, 2.24) is 29.9 Å². The van der Waals surface area contributed by atoms with E-state index >= 15 is 0 Å². The molecule has 0 aliphatic rings. The number of nitrogens with two attached hydrogens (primary N) is 1. The summed E-state index contributed by atoms with van der Waals surface area (Å²) in [6.45, 7) is 3.77. The SMILES string of the molecule is CNc1n[nH]c(N)c1C(=O)N[C@@H](C)c1cc2cccc(C#Cc3cnn(C)c3C)c2c(=O)n1-c1ccccc1. The fourth-order valence-corrected chi connectivity index (χ4v) is 4.51. The van der Waals surface area contributed by atoms with Gasteiger partial charge in [0.25, 0.3) is 11.5 Å². The summed E-state index contributed by atoms with van der Waals surface area (Å²) in [5.74, 6) is 6.40. The van der Waals surface area contributed by atoms with Crippen molar-refractivity contribution in [2.75, 3.05) is 18.1 Å². The molecule has 2 aromatic carbocycles. The highest BCUT2D eigenvalue weighted by Gasteiger charge is 2.23. The fourth-order valence-electron chi connectivity index (χ4n) is 4.51. The molecule has 1 amide bonds. The topological polar surface area (TPSA) is 136 Å². The number of nitrogen functional groups attached to an aromatic ring is 1. The Labute approximate surface area is 224 Å². The number of para-hydroxylation sites is 1. The van der Waals surface area contributed by atoms with E-state index < -0.39 is 11.9 Å². The van der Waals surface area contributed by atoms with Crippen LogP contribution in [0.5, 0.6) is 0 Å². The molecule has 0 spiro atoms. The Balaban J connectivity index is 1.65. The summed E-state index contributed by atoms with van der Waals surface area (Å²) in [7, 11) is 3.52. The lowest BCUT2D eigenvalue weighted by atomic mass is 10.0. The molecule has 0 saturated heterocycles. The fraction of sp³-hybridized carbons (Fsp3) is 0.172. The van der Waals surface area contributed by atoms with E-state index in [0.29, 0.717) is 28.1 Å². The van der Waals surface area contributed by atoms with Crippen molar-refractivity contribution in [2.45, 2.75) is 19.9 Å². The van der Waals surface area contributed by atoms with Gasteiger partial charge < -0.3 is 16.4 Å². The molecule has 10 nitrogen and oxygen atoms in total. The first-order chi connectivity index (χ1) is 18.8. The zero-order valence-corrected chi connectivity index (χ0v) is 22.0. The molecule has 0 aliphatic heterocycles. The highest BCUT2D eigenvalue weighted by Crippen LogP contribution is 2.25. The van der Waals surface area contributed by atoms with E-state index in [2.05, 4.69) is 37.8 Å². The molecule has 196 valence electrons. The molecule has 0 unspecified atom stereocenters. The maximum absolute atomic E-state index is 14.1. The van der Waals surface area contributed by atoms with Gasteiger partial charge in [-0.05, 0) is 43.5 Å². The van der Waals surface area contributed by atoms with Gasteiger partial charge in [-0.15, -0.1) is 0 Å². The molecule has 5 aromatic rings. The van der Waals surface area contributed by atoms with E-state index in [0.717, 1.165) is 16.6 Å². The second-order valence-corrected chi connectivity index (χ2v) is 9.14. The maximum Gasteiger partial charge on any atom is 0.264 e. The highest BCUT2D eigenvalue weighted by atomic mass is 16.2. The van der Waals surface area contributed by atoms with Crippen LogP contribution >= 0.6 is 0 Å². The summed E-state index contributed by atoms with van der Waals surface area (Å²) in [4.78, 5) is 27.3. The smallest absolute Gasteiger partial charge is 0.264 e. The van der Waals surface area contributed by atoms with E-state index in [1.807, 2.05) is 75.5 Å². The van der Waals surface area contributed by atoms with Gasteiger partial charge in [0.15, 0.2) is 5.82 Å². The van der Waals surface area contributed by atoms with Crippen LogP contribution in [0.4, 0.5) is 11.6 Å². The number of rotatable bonds is 5. The molecule has 0 fully saturated rings. The molecule has 1 atom stereocenters. The third-order valence-corrected chi connectivity index (χ3v) is 6.71. The predicted molar refractivity (Wildman–Crippen MR) is 152 cm³/mol. The Hall–Kier alpha value is -5.30. The number of hydrogen-bond acceptors (Lipinski definition) is 6. The maximum atomic E-state index is 14.1. The normalized spacial score (nSPS) is 11.6. The number of carbonyl (C=O) groups is 1. The monoisotopic (exact) mass is 520 g/mol.